The van der Waals surface area contributed by atoms with Crippen molar-refractivity contribution in [1.82, 2.24) is 0 Å². The average molecular weight is 269 g/mol. The van der Waals surface area contributed by atoms with Crippen molar-refractivity contribution in [2.24, 2.45) is 0 Å². The van der Waals surface area contributed by atoms with E-state index in [2.05, 4.69) is 19.2 Å². The zero-order chi connectivity index (χ0) is 14.7. The van der Waals surface area contributed by atoms with E-state index < -0.39 is 0 Å². The van der Waals surface area contributed by atoms with E-state index in [1.54, 1.807) is 18.2 Å². The molecule has 0 saturated carbocycles. The lowest BCUT2D eigenvalue weighted by Crippen LogP contribution is -2.12. The van der Waals surface area contributed by atoms with Crippen LogP contribution in [0.15, 0.2) is 42.5 Å². The Balaban J connectivity index is 2.21. The summed E-state index contributed by atoms with van der Waals surface area (Å²) in [5.74, 6) is 0.102. The molecule has 0 aliphatic rings. The number of rotatable bonds is 3. The van der Waals surface area contributed by atoms with Gasteiger partial charge in [-0.2, -0.15) is 0 Å². The van der Waals surface area contributed by atoms with Gasteiger partial charge >= 0.3 is 0 Å². The third kappa shape index (κ3) is 3.18. The summed E-state index contributed by atoms with van der Waals surface area (Å²) in [4.78, 5) is 12.2. The van der Waals surface area contributed by atoms with Crippen LogP contribution in [0.5, 0.6) is 5.75 Å². The Bertz CT molecular complexity index is 633. The molecule has 2 rings (SSSR count). The molecular formula is C17H19NO2. The van der Waals surface area contributed by atoms with Crippen molar-refractivity contribution >= 4 is 11.6 Å². The number of anilines is 1. The van der Waals surface area contributed by atoms with Crippen molar-refractivity contribution in [1.29, 1.82) is 0 Å². The second-order valence-electron chi connectivity index (χ2n) is 5.25. The molecule has 0 atom stereocenters. The van der Waals surface area contributed by atoms with Gasteiger partial charge in [-0.3, -0.25) is 4.79 Å². The lowest BCUT2D eigenvalue weighted by molar-refractivity contribution is 0.102. The van der Waals surface area contributed by atoms with Crippen LogP contribution in [0.1, 0.15) is 41.3 Å². The van der Waals surface area contributed by atoms with Crippen molar-refractivity contribution in [2.75, 3.05) is 5.32 Å². The molecular weight excluding hydrogens is 250 g/mol. The number of aryl methyl sites for hydroxylation is 1. The summed E-state index contributed by atoms with van der Waals surface area (Å²) in [6.07, 6.45) is 0. The van der Waals surface area contributed by atoms with Gasteiger partial charge in [0.25, 0.3) is 5.91 Å². The van der Waals surface area contributed by atoms with E-state index in [-0.39, 0.29) is 17.2 Å². The third-order valence-electron chi connectivity index (χ3n) is 3.21. The normalized spacial score (nSPS) is 10.6. The molecule has 2 aromatic rings. The monoisotopic (exact) mass is 269 g/mol. The highest BCUT2D eigenvalue weighted by Crippen LogP contribution is 2.22. The smallest absolute Gasteiger partial charge is 0.259 e. The van der Waals surface area contributed by atoms with Crippen LogP contribution < -0.4 is 5.32 Å². The Morgan fingerprint density at radius 1 is 1.15 bits per heavy atom. The zero-order valence-electron chi connectivity index (χ0n) is 12.0. The first-order valence-electron chi connectivity index (χ1n) is 6.68. The molecule has 2 aromatic carbocycles. The number of hydrogen-bond acceptors (Lipinski definition) is 2. The number of nitrogens with one attached hydrogen (secondary N) is 1. The molecule has 0 saturated heterocycles. The van der Waals surface area contributed by atoms with Crippen LogP contribution in [0.3, 0.4) is 0 Å². The third-order valence-corrected chi connectivity index (χ3v) is 3.21. The van der Waals surface area contributed by atoms with E-state index in [1.165, 1.54) is 0 Å². The Hall–Kier alpha value is -2.29. The van der Waals surface area contributed by atoms with Gasteiger partial charge in [-0.1, -0.05) is 32.0 Å². The first-order valence-corrected chi connectivity index (χ1v) is 6.68. The minimum absolute atomic E-state index is 0.00233. The molecule has 0 aromatic heterocycles. The van der Waals surface area contributed by atoms with Gasteiger partial charge in [0.1, 0.15) is 5.75 Å². The van der Waals surface area contributed by atoms with Gasteiger partial charge in [0.05, 0.1) is 5.56 Å². The highest BCUT2D eigenvalue weighted by atomic mass is 16.3. The summed E-state index contributed by atoms with van der Waals surface area (Å²) >= 11 is 0. The van der Waals surface area contributed by atoms with E-state index in [0.29, 0.717) is 5.92 Å². The van der Waals surface area contributed by atoms with Crippen LogP contribution in [-0.4, -0.2) is 11.0 Å². The maximum atomic E-state index is 12.2. The molecule has 20 heavy (non-hydrogen) atoms. The fourth-order valence-corrected chi connectivity index (χ4v) is 2.01. The lowest BCUT2D eigenvalue weighted by Gasteiger charge is -2.10. The van der Waals surface area contributed by atoms with Crippen molar-refractivity contribution in [3.63, 3.8) is 0 Å². The summed E-state index contributed by atoms with van der Waals surface area (Å²) in [6, 6.07) is 12.8. The SMILES string of the molecule is Cc1ccc(C(=O)Nc2cccc(C(C)C)c2)c(O)c1. The number of phenols is 1. The van der Waals surface area contributed by atoms with Gasteiger partial charge in [-0.25, -0.2) is 0 Å². The quantitative estimate of drug-likeness (QED) is 0.882. The molecule has 0 fully saturated rings. The predicted octanol–water partition coefficient (Wildman–Crippen LogP) is 4.08. The summed E-state index contributed by atoms with van der Waals surface area (Å²) in [5, 5.41) is 12.6. The summed E-state index contributed by atoms with van der Waals surface area (Å²) in [6.45, 7) is 6.08. The van der Waals surface area contributed by atoms with Crippen LogP contribution in [0, 0.1) is 6.92 Å². The minimum atomic E-state index is -0.302. The first-order chi connectivity index (χ1) is 9.47. The number of hydrogen-bond donors (Lipinski definition) is 2. The summed E-state index contributed by atoms with van der Waals surface area (Å²) < 4.78 is 0. The fraction of sp³-hybridized carbons (Fsp3) is 0.235. The second-order valence-corrected chi connectivity index (χ2v) is 5.25. The topological polar surface area (TPSA) is 49.3 Å². The molecule has 0 unspecified atom stereocenters. The van der Waals surface area contributed by atoms with E-state index in [0.717, 1.165) is 16.8 Å². The number of benzene rings is 2. The van der Waals surface area contributed by atoms with Crippen LogP contribution in [0.4, 0.5) is 5.69 Å². The molecule has 3 heteroatoms. The van der Waals surface area contributed by atoms with Crippen LogP contribution in [0.2, 0.25) is 0 Å². The number of carbonyl (C=O) groups excluding carboxylic acids is 1. The fourth-order valence-electron chi connectivity index (χ4n) is 2.01. The Labute approximate surface area is 119 Å². The standard InChI is InChI=1S/C17H19NO2/c1-11(2)13-5-4-6-14(10-13)18-17(20)15-8-7-12(3)9-16(15)19/h4-11,19H,1-3H3,(H,18,20). The molecule has 2 N–H and O–H groups in total. The van der Waals surface area contributed by atoms with Gasteiger partial charge in [-0.05, 0) is 48.2 Å². The highest BCUT2D eigenvalue weighted by molar-refractivity contribution is 6.06. The van der Waals surface area contributed by atoms with Crippen LogP contribution in [0.25, 0.3) is 0 Å². The maximum absolute atomic E-state index is 12.2. The molecule has 0 aliphatic carbocycles. The van der Waals surface area contributed by atoms with Crippen molar-refractivity contribution in [3.05, 3.63) is 59.2 Å². The number of phenolic OH excluding ortho intramolecular Hbond substituents is 1. The van der Waals surface area contributed by atoms with Crippen molar-refractivity contribution in [3.8, 4) is 5.75 Å². The van der Waals surface area contributed by atoms with Gasteiger partial charge in [0, 0.05) is 5.69 Å². The van der Waals surface area contributed by atoms with Gasteiger partial charge in [0.2, 0.25) is 0 Å². The Kier molecular flexibility index (Phi) is 4.08. The van der Waals surface area contributed by atoms with Gasteiger partial charge in [-0.15, -0.1) is 0 Å². The predicted molar refractivity (Wildman–Crippen MR) is 81.3 cm³/mol. The summed E-state index contributed by atoms with van der Waals surface area (Å²) in [7, 11) is 0. The van der Waals surface area contributed by atoms with Crippen molar-refractivity contribution in [2.45, 2.75) is 26.7 Å². The summed E-state index contributed by atoms with van der Waals surface area (Å²) in [5.41, 5.74) is 3.10. The van der Waals surface area contributed by atoms with Gasteiger partial charge < -0.3 is 10.4 Å². The zero-order valence-corrected chi connectivity index (χ0v) is 12.0. The molecule has 0 heterocycles. The minimum Gasteiger partial charge on any atom is -0.507 e. The lowest BCUT2D eigenvalue weighted by atomic mass is 10.0. The second kappa shape index (κ2) is 5.78. The maximum Gasteiger partial charge on any atom is 0.259 e. The molecule has 1 amide bonds. The first kappa shape index (κ1) is 14.1. The van der Waals surface area contributed by atoms with Gasteiger partial charge in [0.15, 0.2) is 0 Å². The molecule has 3 nitrogen and oxygen atoms in total. The average Bonchev–Trinajstić information content (AvgIpc) is 2.38. The van der Waals surface area contributed by atoms with Crippen molar-refractivity contribution < 1.29 is 9.90 Å². The number of amides is 1. The number of carbonyl (C=O) groups is 1. The molecule has 0 aliphatic heterocycles. The van der Waals surface area contributed by atoms with E-state index in [9.17, 15) is 9.90 Å². The molecule has 0 radical (unpaired) electrons. The van der Waals surface area contributed by atoms with Crippen LogP contribution in [-0.2, 0) is 0 Å². The Morgan fingerprint density at radius 2 is 1.90 bits per heavy atom. The van der Waals surface area contributed by atoms with E-state index in [4.69, 9.17) is 0 Å². The Morgan fingerprint density at radius 3 is 2.55 bits per heavy atom. The number of aromatic hydroxyl groups is 1. The molecule has 0 spiro atoms. The molecule has 0 bridgehead atoms. The largest absolute Gasteiger partial charge is 0.507 e. The van der Waals surface area contributed by atoms with E-state index >= 15 is 0 Å². The van der Waals surface area contributed by atoms with E-state index in [1.807, 2.05) is 31.2 Å². The van der Waals surface area contributed by atoms with Crippen LogP contribution >= 0.6 is 0 Å². The highest BCUT2D eigenvalue weighted by Gasteiger charge is 2.11. The molecule has 104 valence electrons.